The van der Waals surface area contributed by atoms with Crippen molar-refractivity contribution in [3.05, 3.63) is 23.8 Å². The molecule has 1 aromatic rings. The van der Waals surface area contributed by atoms with E-state index in [9.17, 15) is 5.11 Å². The van der Waals surface area contributed by atoms with Gasteiger partial charge in [0.25, 0.3) is 0 Å². The Bertz CT molecular complexity index is 450. The van der Waals surface area contributed by atoms with Crippen LogP contribution < -0.4 is 10.1 Å². The number of phenols is 1. The fourth-order valence-corrected chi connectivity index (χ4v) is 3.42. The van der Waals surface area contributed by atoms with E-state index in [1.165, 1.54) is 32.4 Å². The summed E-state index contributed by atoms with van der Waals surface area (Å²) in [4.78, 5) is 2.60. The fourth-order valence-electron chi connectivity index (χ4n) is 3.42. The number of hydrogen-bond acceptors (Lipinski definition) is 4. The van der Waals surface area contributed by atoms with Crippen molar-refractivity contribution in [3.63, 3.8) is 0 Å². The van der Waals surface area contributed by atoms with E-state index in [4.69, 9.17) is 4.74 Å². The molecule has 0 aliphatic carbocycles. The maximum atomic E-state index is 9.77. The van der Waals surface area contributed by atoms with Gasteiger partial charge in [0.05, 0.1) is 7.11 Å². The average Bonchev–Trinajstić information content (AvgIpc) is 3.00. The van der Waals surface area contributed by atoms with E-state index < -0.39 is 0 Å². The van der Waals surface area contributed by atoms with Gasteiger partial charge in [0.1, 0.15) is 0 Å². The summed E-state index contributed by atoms with van der Waals surface area (Å²) >= 11 is 0. The molecule has 2 saturated heterocycles. The lowest BCUT2D eigenvalue weighted by Gasteiger charge is -2.21. The molecule has 2 heterocycles. The number of fused-ring (bicyclic) bond motifs is 1. The highest BCUT2D eigenvalue weighted by Gasteiger charge is 2.36. The Balaban J connectivity index is 1.59. The molecule has 0 amide bonds. The summed E-state index contributed by atoms with van der Waals surface area (Å²) < 4.78 is 5.06. The van der Waals surface area contributed by atoms with Crippen molar-refractivity contribution in [2.45, 2.75) is 37.9 Å². The Morgan fingerprint density at radius 1 is 1.37 bits per heavy atom. The van der Waals surface area contributed by atoms with Crippen molar-refractivity contribution in [2.24, 2.45) is 0 Å². The van der Waals surface area contributed by atoms with Gasteiger partial charge in [0, 0.05) is 25.2 Å². The molecule has 2 fully saturated rings. The van der Waals surface area contributed by atoms with Crippen LogP contribution in [0.1, 0.15) is 24.8 Å². The molecule has 2 N–H and O–H groups in total. The molecular weight excluding hydrogens is 240 g/mol. The average molecular weight is 262 g/mol. The normalized spacial score (nSPS) is 26.6. The molecule has 0 radical (unpaired) electrons. The molecule has 1 aromatic carbocycles. The second kappa shape index (κ2) is 5.39. The first-order chi connectivity index (χ1) is 9.28. The first-order valence-electron chi connectivity index (χ1n) is 7.11. The summed E-state index contributed by atoms with van der Waals surface area (Å²) in [6.07, 6.45) is 3.91. The van der Waals surface area contributed by atoms with E-state index in [1.807, 2.05) is 12.1 Å². The van der Waals surface area contributed by atoms with E-state index in [2.05, 4.69) is 10.2 Å². The first-order valence-corrected chi connectivity index (χ1v) is 7.11. The Morgan fingerprint density at radius 3 is 3.05 bits per heavy atom. The second-order valence-electron chi connectivity index (χ2n) is 5.53. The minimum absolute atomic E-state index is 0.218. The number of nitrogens with zero attached hydrogens (tertiary/aromatic N) is 1. The van der Waals surface area contributed by atoms with Crippen LogP contribution in [0.15, 0.2) is 18.2 Å². The maximum absolute atomic E-state index is 9.77. The van der Waals surface area contributed by atoms with Crippen LogP contribution in [0.3, 0.4) is 0 Å². The van der Waals surface area contributed by atoms with Crippen LogP contribution in [0.2, 0.25) is 0 Å². The van der Waals surface area contributed by atoms with Gasteiger partial charge in [-0.05, 0) is 43.5 Å². The van der Waals surface area contributed by atoms with E-state index in [0.717, 1.165) is 18.2 Å². The topological polar surface area (TPSA) is 44.7 Å². The lowest BCUT2D eigenvalue weighted by Crippen LogP contribution is -2.38. The zero-order valence-corrected chi connectivity index (χ0v) is 11.4. The molecule has 0 bridgehead atoms. The number of hydrogen-bond donors (Lipinski definition) is 2. The van der Waals surface area contributed by atoms with E-state index in [-0.39, 0.29) is 5.75 Å². The molecule has 19 heavy (non-hydrogen) atoms. The minimum Gasteiger partial charge on any atom is -0.504 e. The molecule has 0 spiro atoms. The van der Waals surface area contributed by atoms with Crippen LogP contribution in [0, 0.1) is 0 Å². The van der Waals surface area contributed by atoms with Gasteiger partial charge in [-0.2, -0.15) is 0 Å². The number of rotatable bonds is 4. The molecule has 2 unspecified atom stereocenters. The van der Waals surface area contributed by atoms with Gasteiger partial charge in [-0.3, -0.25) is 4.90 Å². The standard InChI is InChI=1S/C15H22N2O2/c1-19-15-5-4-11(9-14(15)18)10-16-12-6-8-17-7-2-3-13(12)17/h4-5,9,12-13,16,18H,2-3,6-8,10H2,1H3. The van der Waals surface area contributed by atoms with Crippen LogP contribution in [-0.2, 0) is 6.54 Å². The largest absolute Gasteiger partial charge is 0.504 e. The van der Waals surface area contributed by atoms with E-state index in [1.54, 1.807) is 13.2 Å². The summed E-state index contributed by atoms with van der Waals surface area (Å²) in [5.41, 5.74) is 1.11. The highest BCUT2D eigenvalue weighted by Crippen LogP contribution is 2.29. The van der Waals surface area contributed by atoms with Gasteiger partial charge in [0.2, 0.25) is 0 Å². The highest BCUT2D eigenvalue weighted by atomic mass is 16.5. The molecule has 2 aliphatic heterocycles. The summed E-state index contributed by atoms with van der Waals surface area (Å²) in [5.74, 6) is 0.752. The number of benzene rings is 1. The number of aromatic hydroxyl groups is 1. The first kappa shape index (κ1) is 12.8. The fraction of sp³-hybridized carbons (Fsp3) is 0.600. The van der Waals surface area contributed by atoms with Crippen LogP contribution in [0.4, 0.5) is 0 Å². The van der Waals surface area contributed by atoms with Gasteiger partial charge >= 0.3 is 0 Å². The number of phenolic OH excluding ortho intramolecular Hbond substituents is 1. The van der Waals surface area contributed by atoms with Crippen LogP contribution >= 0.6 is 0 Å². The Labute approximate surface area is 114 Å². The third-order valence-corrected chi connectivity index (χ3v) is 4.42. The summed E-state index contributed by atoms with van der Waals surface area (Å²) in [7, 11) is 1.57. The molecule has 3 rings (SSSR count). The Kier molecular flexibility index (Phi) is 3.62. The van der Waals surface area contributed by atoms with Crippen molar-refractivity contribution in [2.75, 3.05) is 20.2 Å². The highest BCUT2D eigenvalue weighted by molar-refractivity contribution is 5.41. The monoisotopic (exact) mass is 262 g/mol. The lowest BCUT2D eigenvalue weighted by atomic mass is 10.1. The van der Waals surface area contributed by atoms with Crippen molar-refractivity contribution in [3.8, 4) is 11.5 Å². The third kappa shape index (κ3) is 2.55. The minimum atomic E-state index is 0.218. The van der Waals surface area contributed by atoms with Crippen LogP contribution in [0.5, 0.6) is 11.5 Å². The molecular formula is C15H22N2O2. The van der Waals surface area contributed by atoms with Gasteiger partial charge in [0.15, 0.2) is 11.5 Å². The Morgan fingerprint density at radius 2 is 2.26 bits per heavy atom. The van der Waals surface area contributed by atoms with Crippen LogP contribution in [0.25, 0.3) is 0 Å². The molecule has 104 valence electrons. The van der Waals surface area contributed by atoms with Crippen molar-refractivity contribution in [1.82, 2.24) is 10.2 Å². The SMILES string of the molecule is COc1ccc(CNC2CCN3CCCC23)cc1O. The predicted molar refractivity (Wildman–Crippen MR) is 74.5 cm³/mol. The summed E-state index contributed by atoms with van der Waals surface area (Å²) in [6.45, 7) is 3.31. The number of methoxy groups -OCH3 is 1. The zero-order chi connectivity index (χ0) is 13.2. The van der Waals surface area contributed by atoms with Crippen molar-refractivity contribution in [1.29, 1.82) is 0 Å². The van der Waals surface area contributed by atoms with Crippen molar-refractivity contribution >= 4 is 0 Å². The molecule has 2 aliphatic rings. The summed E-state index contributed by atoms with van der Waals surface area (Å²) in [6, 6.07) is 6.95. The lowest BCUT2D eigenvalue weighted by molar-refractivity contribution is 0.298. The molecule has 0 saturated carbocycles. The quantitative estimate of drug-likeness (QED) is 0.867. The number of ether oxygens (including phenoxy) is 1. The van der Waals surface area contributed by atoms with Gasteiger partial charge < -0.3 is 15.2 Å². The van der Waals surface area contributed by atoms with Gasteiger partial charge in [-0.25, -0.2) is 0 Å². The molecule has 0 aromatic heterocycles. The summed E-state index contributed by atoms with van der Waals surface area (Å²) in [5, 5.41) is 13.4. The Hall–Kier alpha value is -1.26. The van der Waals surface area contributed by atoms with E-state index in [0.29, 0.717) is 11.8 Å². The predicted octanol–water partition coefficient (Wildman–Crippen LogP) is 1.73. The zero-order valence-electron chi connectivity index (χ0n) is 11.4. The van der Waals surface area contributed by atoms with E-state index >= 15 is 0 Å². The second-order valence-corrected chi connectivity index (χ2v) is 5.53. The molecule has 2 atom stereocenters. The maximum Gasteiger partial charge on any atom is 0.160 e. The molecule has 4 heteroatoms. The van der Waals surface area contributed by atoms with Gasteiger partial charge in [-0.1, -0.05) is 6.07 Å². The number of nitrogens with one attached hydrogen (secondary N) is 1. The third-order valence-electron chi connectivity index (χ3n) is 4.42. The van der Waals surface area contributed by atoms with Gasteiger partial charge in [-0.15, -0.1) is 0 Å². The van der Waals surface area contributed by atoms with Crippen LogP contribution in [-0.4, -0.2) is 42.3 Å². The smallest absolute Gasteiger partial charge is 0.160 e. The van der Waals surface area contributed by atoms with Crippen molar-refractivity contribution < 1.29 is 9.84 Å². The molecule has 4 nitrogen and oxygen atoms in total.